The molecule has 2 aromatic heterocycles. The van der Waals surface area contributed by atoms with Crippen molar-refractivity contribution in [1.29, 1.82) is 0 Å². The first-order valence-electron chi connectivity index (χ1n) is 8.59. The van der Waals surface area contributed by atoms with Crippen LogP contribution in [-0.4, -0.2) is 59.1 Å². The number of aryl methyl sites for hydroxylation is 1. The van der Waals surface area contributed by atoms with Crippen molar-refractivity contribution in [3.63, 3.8) is 0 Å². The Labute approximate surface area is 142 Å². The fourth-order valence-electron chi connectivity index (χ4n) is 3.08. The molecule has 3 rings (SSSR count). The number of nitrogens with one attached hydrogen (secondary N) is 1. The molecule has 24 heavy (non-hydrogen) atoms. The first-order chi connectivity index (χ1) is 11.5. The van der Waals surface area contributed by atoms with Gasteiger partial charge in [0.1, 0.15) is 11.3 Å². The number of carbonyl (C=O) groups is 1. The van der Waals surface area contributed by atoms with Gasteiger partial charge in [0.05, 0.1) is 12.7 Å². The van der Waals surface area contributed by atoms with Crippen LogP contribution >= 0.6 is 0 Å². The zero-order chi connectivity index (χ0) is 17.1. The second kappa shape index (κ2) is 7.32. The van der Waals surface area contributed by atoms with Crippen LogP contribution in [0.1, 0.15) is 29.9 Å². The second-order valence-electron chi connectivity index (χ2n) is 6.95. The Morgan fingerprint density at radius 2 is 2.33 bits per heavy atom. The van der Waals surface area contributed by atoms with E-state index in [-0.39, 0.29) is 12.0 Å². The van der Waals surface area contributed by atoms with E-state index in [4.69, 9.17) is 4.74 Å². The van der Waals surface area contributed by atoms with Crippen molar-refractivity contribution in [1.82, 2.24) is 19.6 Å². The molecule has 0 bridgehead atoms. The molecule has 1 N–H and O–H groups in total. The van der Waals surface area contributed by atoms with Gasteiger partial charge in [-0.1, -0.05) is 13.8 Å². The van der Waals surface area contributed by atoms with Crippen molar-refractivity contribution in [3.05, 3.63) is 35.8 Å². The normalized spacial score (nSPS) is 19.1. The van der Waals surface area contributed by atoms with Crippen molar-refractivity contribution in [3.8, 4) is 0 Å². The molecule has 0 spiro atoms. The van der Waals surface area contributed by atoms with Crippen LogP contribution in [0.4, 0.5) is 0 Å². The van der Waals surface area contributed by atoms with Gasteiger partial charge < -0.3 is 14.5 Å². The molecule has 1 aliphatic heterocycles. The molecule has 0 radical (unpaired) electrons. The van der Waals surface area contributed by atoms with Gasteiger partial charge in [-0.05, 0) is 30.5 Å². The molecule has 3 heterocycles. The molecule has 1 unspecified atom stereocenters. The highest BCUT2D eigenvalue weighted by molar-refractivity contribution is 5.92. The third kappa shape index (κ3) is 4.13. The number of imidazole rings is 1. The summed E-state index contributed by atoms with van der Waals surface area (Å²) in [5.41, 5.74) is 2.36. The lowest BCUT2D eigenvalue weighted by molar-refractivity contribution is -0.0295. The summed E-state index contributed by atoms with van der Waals surface area (Å²) < 4.78 is 7.63. The number of carbonyl (C=O) groups excluding carboxylic acids is 1. The van der Waals surface area contributed by atoms with Crippen LogP contribution in [0.5, 0.6) is 0 Å². The van der Waals surface area contributed by atoms with E-state index in [0.717, 1.165) is 37.5 Å². The summed E-state index contributed by atoms with van der Waals surface area (Å²) in [5.74, 6) is 0.487. The molecule has 1 aliphatic rings. The van der Waals surface area contributed by atoms with Gasteiger partial charge in [-0.25, -0.2) is 4.98 Å². The Balaban J connectivity index is 1.56. The van der Waals surface area contributed by atoms with Crippen molar-refractivity contribution >= 4 is 11.6 Å². The number of amides is 1. The zero-order valence-corrected chi connectivity index (χ0v) is 14.7. The first kappa shape index (κ1) is 16.9. The average Bonchev–Trinajstić information content (AvgIpc) is 2.95. The maximum absolute atomic E-state index is 12.3. The van der Waals surface area contributed by atoms with Crippen LogP contribution in [0.25, 0.3) is 5.65 Å². The first-order valence-corrected chi connectivity index (χ1v) is 8.59. The molecule has 0 aliphatic carbocycles. The molecular weight excluding hydrogens is 304 g/mol. The lowest BCUT2D eigenvalue weighted by Crippen LogP contribution is -2.48. The van der Waals surface area contributed by atoms with E-state index in [9.17, 15) is 4.79 Å². The molecule has 130 valence electrons. The number of fused-ring (bicyclic) bond motifs is 1. The van der Waals surface area contributed by atoms with E-state index in [0.29, 0.717) is 18.2 Å². The average molecular weight is 330 g/mol. The number of hydrogen-bond acceptors (Lipinski definition) is 4. The smallest absolute Gasteiger partial charge is 0.271 e. The Morgan fingerprint density at radius 1 is 1.50 bits per heavy atom. The van der Waals surface area contributed by atoms with E-state index in [1.54, 1.807) is 6.20 Å². The molecular formula is C18H26N4O2. The van der Waals surface area contributed by atoms with Crippen molar-refractivity contribution < 1.29 is 9.53 Å². The van der Waals surface area contributed by atoms with Crippen LogP contribution in [0, 0.1) is 12.8 Å². The number of rotatable bonds is 5. The van der Waals surface area contributed by atoms with Gasteiger partial charge in [-0.3, -0.25) is 9.69 Å². The Hall–Kier alpha value is -1.92. The second-order valence-corrected chi connectivity index (χ2v) is 6.95. The molecule has 6 heteroatoms. The van der Waals surface area contributed by atoms with Crippen LogP contribution in [0.3, 0.4) is 0 Å². The van der Waals surface area contributed by atoms with Gasteiger partial charge in [0.15, 0.2) is 0 Å². The molecule has 0 aromatic carbocycles. The number of nitrogens with zero attached hydrogens (tertiary/aromatic N) is 3. The number of aromatic nitrogens is 2. The zero-order valence-electron chi connectivity index (χ0n) is 14.7. The minimum absolute atomic E-state index is 0.0423. The molecule has 0 saturated carbocycles. The number of ether oxygens (including phenoxy) is 1. The summed E-state index contributed by atoms with van der Waals surface area (Å²) in [6.45, 7) is 10.6. The molecule has 2 aromatic rings. The summed E-state index contributed by atoms with van der Waals surface area (Å²) >= 11 is 0. The Bertz CT molecular complexity index is 710. The SMILES string of the molecule is Cc1ccn2cc(C(=O)NCC3CN(CC(C)C)CCO3)nc2c1. The van der Waals surface area contributed by atoms with Crippen molar-refractivity contribution in [2.24, 2.45) is 5.92 Å². The molecule has 1 atom stereocenters. The van der Waals surface area contributed by atoms with Crippen LogP contribution < -0.4 is 5.32 Å². The standard InChI is InChI=1S/C18H26N4O2/c1-13(2)10-21-6-7-24-15(11-21)9-19-18(23)16-12-22-5-4-14(3)8-17(22)20-16/h4-5,8,12-13,15H,6-7,9-11H2,1-3H3,(H,19,23). The van der Waals surface area contributed by atoms with E-state index in [1.165, 1.54) is 0 Å². The lowest BCUT2D eigenvalue weighted by atomic mass is 10.2. The fourth-order valence-corrected chi connectivity index (χ4v) is 3.08. The number of hydrogen-bond donors (Lipinski definition) is 1. The van der Waals surface area contributed by atoms with Gasteiger partial charge in [0, 0.05) is 38.6 Å². The van der Waals surface area contributed by atoms with Crippen molar-refractivity contribution in [2.45, 2.75) is 26.9 Å². The molecule has 6 nitrogen and oxygen atoms in total. The van der Waals surface area contributed by atoms with Crippen LogP contribution in [0.2, 0.25) is 0 Å². The lowest BCUT2D eigenvalue weighted by Gasteiger charge is -2.33. The number of morpholine rings is 1. The fraction of sp³-hybridized carbons (Fsp3) is 0.556. The van der Waals surface area contributed by atoms with Gasteiger partial charge in [-0.15, -0.1) is 0 Å². The molecule has 1 amide bonds. The molecule has 1 fully saturated rings. The maximum Gasteiger partial charge on any atom is 0.271 e. The minimum Gasteiger partial charge on any atom is -0.374 e. The Morgan fingerprint density at radius 3 is 3.12 bits per heavy atom. The highest BCUT2D eigenvalue weighted by Gasteiger charge is 2.22. The third-order valence-corrected chi connectivity index (χ3v) is 4.18. The van der Waals surface area contributed by atoms with Crippen LogP contribution in [0.15, 0.2) is 24.5 Å². The maximum atomic E-state index is 12.3. The number of pyridine rings is 1. The monoisotopic (exact) mass is 330 g/mol. The third-order valence-electron chi connectivity index (χ3n) is 4.18. The summed E-state index contributed by atoms with van der Waals surface area (Å²) in [7, 11) is 0. The molecule has 1 saturated heterocycles. The predicted molar refractivity (Wildman–Crippen MR) is 93.3 cm³/mol. The largest absolute Gasteiger partial charge is 0.374 e. The summed E-state index contributed by atoms with van der Waals surface area (Å²) in [5, 5.41) is 2.95. The predicted octanol–water partition coefficient (Wildman–Crippen LogP) is 1.73. The van der Waals surface area contributed by atoms with Gasteiger partial charge in [0.2, 0.25) is 0 Å². The Kier molecular flexibility index (Phi) is 5.16. The van der Waals surface area contributed by atoms with E-state index < -0.39 is 0 Å². The topological polar surface area (TPSA) is 58.9 Å². The quantitative estimate of drug-likeness (QED) is 0.907. The van der Waals surface area contributed by atoms with E-state index in [2.05, 4.69) is 29.0 Å². The minimum atomic E-state index is -0.152. The highest BCUT2D eigenvalue weighted by atomic mass is 16.5. The summed E-state index contributed by atoms with van der Waals surface area (Å²) in [6, 6.07) is 3.96. The van der Waals surface area contributed by atoms with Gasteiger partial charge in [-0.2, -0.15) is 0 Å². The van der Waals surface area contributed by atoms with Gasteiger partial charge in [0.25, 0.3) is 5.91 Å². The summed E-state index contributed by atoms with van der Waals surface area (Å²) in [6.07, 6.45) is 3.72. The highest BCUT2D eigenvalue weighted by Crippen LogP contribution is 2.09. The van der Waals surface area contributed by atoms with Gasteiger partial charge >= 0.3 is 0 Å². The van der Waals surface area contributed by atoms with E-state index in [1.807, 2.05) is 29.7 Å². The van der Waals surface area contributed by atoms with E-state index >= 15 is 0 Å². The summed E-state index contributed by atoms with van der Waals surface area (Å²) in [4.78, 5) is 19.1. The van der Waals surface area contributed by atoms with Crippen molar-refractivity contribution in [2.75, 3.05) is 32.8 Å². The van der Waals surface area contributed by atoms with Crippen LogP contribution in [-0.2, 0) is 4.74 Å².